The molecular formula is C13H13F2N3O. The average Bonchev–Trinajstić information content (AvgIpc) is 2.41. The molecule has 0 aromatic heterocycles. The highest BCUT2D eigenvalue weighted by Crippen LogP contribution is 2.20. The highest BCUT2D eigenvalue weighted by Gasteiger charge is 2.26. The Kier molecular flexibility index (Phi) is 3.95. The summed E-state index contributed by atoms with van der Waals surface area (Å²) in [4.78, 5) is 13.4. The maximum Gasteiger partial charge on any atom is 0.323 e. The monoisotopic (exact) mass is 265 g/mol. The summed E-state index contributed by atoms with van der Waals surface area (Å²) in [5.74, 6) is -1.54. The largest absolute Gasteiger partial charge is 0.323 e. The van der Waals surface area contributed by atoms with Gasteiger partial charge in [-0.3, -0.25) is 0 Å². The molecule has 0 bridgehead atoms. The third-order valence-electron chi connectivity index (χ3n) is 3.09. The molecule has 0 spiro atoms. The fourth-order valence-electron chi connectivity index (χ4n) is 2.09. The van der Waals surface area contributed by atoms with Gasteiger partial charge in [0.1, 0.15) is 17.7 Å². The number of likely N-dealkylation sites (tertiary alicyclic amines) is 1. The van der Waals surface area contributed by atoms with Gasteiger partial charge in [-0.15, -0.1) is 0 Å². The molecule has 1 N–H and O–H groups in total. The van der Waals surface area contributed by atoms with Crippen LogP contribution < -0.4 is 5.32 Å². The zero-order valence-corrected chi connectivity index (χ0v) is 10.2. The Labute approximate surface area is 109 Å². The van der Waals surface area contributed by atoms with Crippen LogP contribution >= 0.6 is 0 Å². The molecule has 1 heterocycles. The molecule has 1 atom stereocenters. The minimum Gasteiger partial charge on any atom is -0.308 e. The van der Waals surface area contributed by atoms with Crippen LogP contribution in [0.5, 0.6) is 0 Å². The molecule has 0 saturated carbocycles. The van der Waals surface area contributed by atoms with Crippen molar-refractivity contribution in [3.05, 3.63) is 29.8 Å². The third-order valence-corrected chi connectivity index (χ3v) is 3.09. The first kappa shape index (κ1) is 13.3. The van der Waals surface area contributed by atoms with Gasteiger partial charge in [0.05, 0.1) is 11.8 Å². The van der Waals surface area contributed by atoms with Gasteiger partial charge in [0, 0.05) is 12.6 Å². The smallest absolute Gasteiger partial charge is 0.308 e. The first-order chi connectivity index (χ1) is 9.11. The fourth-order valence-corrected chi connectivity index (χ4v) is 2.09. The van der Waals surface area contributed by atoms with Gasteiger partial charge in [-0.05, 0) is 31.4 Å². The third kappa shape index (κ3) is 2.99. The summed E-state index contributed by atoms with van der Waals surface area (Å²) in [5.41, 5.74) is -0.0892. The topological polar surface area (TPSA) is 56.1 Å². The van der Waals surface area contributed by atoms with E-state index in [0.717, 1.165) is 25.0 Å². The average molecular weight is 265 g/mol. The van der Waals surface area contributed by atoms with Gasteiger partial charge in [-0.2, -0.15) is 5.26 Å². The number of nitrogens with one attached hydrogen (secondary N) is 1. The predicted molar refractivity (Wildman–Crippen MR) is 65.3 cm³/mol. The van der Waals surface area contributed by atoms with E-state index in [4.69, 9.17) is 5.26 Å². The van der Waals surface area contributed by atoms with Crippen LogP contribution in [0.1, 0.15) is 19.3 Å². The first-order valence-electron chi connectivity index (χ1n) is 6.04. The van der Waals surface area contributed by atoms with Crippen LogP contribution in [-0.4, -0.2) is 23.5 Å². The van der Waals surface area contributed by atoms with Crippen molar-refractivity contribution in [2.45, 2.75) is 25.3 Å². The predicted octanol–water partition coefficient (Wildman–Crippen LogP) is 2.87. The molecule has 1 aliphatic rings. The summed E-state index contributed by atoms with van der Waals surface area (Å²) >= 11 is 0. The summed E-state index contributed by atoms with van der Waals surface area (Å²) in [7, 11) is 0. The highest BCUT2D eigenvalue weighted by atomic mass is 19.1. The van der Waals surface area contributed by atoms with E-state index in [9.17, 15) is 13.6 Å². The van der Waals surface area contributed by atoms with E-state index < -0.39 is 23.7 Å². The second kappa shape index (κ2) is 5.65. The number of piperidine rings is 1. The second-order valence-corrected chi connectivity index (χ2v) is 4.39. The zero-order valence-electron chi connectivity index (χ0n) is 10.2. The number of rotatable bonds is 1. The van der Waals surface area contributed by atoms with E-state index in [1.807, 2.05) is 0 Å². The van der Waals surface area contributed by atoms with Gasteiger partial charge >= 0.3 is 6.03 Å². The molecule has 1 fully saturated rings. The molecule has 1 saturated heterocycles. The number of nitriles is 1. The maximum atomic E-state index is 13.4. The summed E-state index contributed by atoms with van der Waals surface area (Å²) < 4.78 is 26.2. The Morgan fingerprint density at radius 3 is 2.89 bits per heavy atom. The summed E-state index contributed by atoms with van der Waals surface area (Å²) in [6.07, 6.45) is 2.33. The van der Waals surface area contributed by atoms with Crippen molar-refractivity contribution in [2.75, 3.05) is 11.9 Å². The van der Waals surface area contributed by atoms with Gasteiger partial charge in [-0.1, -0.05) is 0 Å². The summed E-state index contributed by atoms with van der Waals surface area (Å²) in [6, 6.07) is 3.97. The maximum absolute atomic E-state index is 13.4. The van der Waals surface area contributed by atoms with Crippen molar-refractivity contribution in [1.29, 1.82) is 5.26 Å². The second-order valence-electron chi connectivity index (χ2n) is 4.39. The van der Waals surface area contributed by atoms with Crippen molar-refractivity contribution < 1.29 is 13.6 Å². The van der Waals surface area contributed by atoms with Gasteiger partial charge in [0.2, 0.25) is 0 Å². The molecule has 1 aromatic carbocycles. The molecule has 1 unspecified atom stereocenters. The number of amides is 2. The molecule has 4 nitrogen and oxygen atoms in total. The molecule has 100 valence electrons. The Hall–Kier alpha value is -2.16. The minimum absolute atomic E-state index is 0.0892. The molecule has 1 aliphatic heterocycles. The lowest BCUT2D eigenvalue weighted by Crippen LogP contribution is -2.45. The van der Waals surface area contributed by atoms with Crippen LogP contribution in [0, 0.1) is 23.0 Å². The van der Waals surface area contributed by atoms with Gasteiger partial charge < -0.3 is 10.2 Å². The van der Waals surface area contributed by atoms with Crippen LogP contribution in [-0.2, 0) is 0 Å². The van der Waals surface area contributed by atoms with E-state index >= 15 is 0 Å². The molecule has 0 radical (unpaired) electrons. The fraction of sp³-hybridized carbons (Fsp3) is 0.385. The molecule has 1 aromatic rings. The number of hydrogen-bond donors (Lipinski definition) is 1. The van der Waals surface area contributed by atoms with Crippen LogP contribution in [0.25, 0.3) is 0 Å². The summed E-state index contributed by atoms with van der Waals surface area (Å²) in [5, 5.41) is 11.3. The van der Waals surface area contributed by atoms with E-state index in [0.29, 0.717) is 19.0 Å². The Morgan fingerprint density at radius 1 is 1.42 bits per heavy atom. The molecule has 19 heavy (non-hydrogen) atoms. The van der Waals surface area contributed by atoms with Crippen molar-refractivity contribution >= 4 is 11.7 Å². The molecule has 6 heteroatoms. The number of hydrogen-bond acceptors (Lipinski definition) is 2. The van der Waals surface area contributed by atoms with E-state index in [1.54, 1.807) is 0 Å². The van der Waals surface area contributed by atoms with Crippen molar-refractivity contribution in [2.24, 2.45) is 0 Å². The number of nitrogens with zero attached hydrogens (tertiary/aromatic N) is 2. The number of carbonyl (C=O) groups excluding carboxylic acids is 1. The van der Waals surface area contributed by atoms with Crippen molar-refractivity contribution in [3.63, 3.8) is 0 Å². The van der Waals surface area contributed by atoms with Crippen LogP contribution in [0.4, 0.5) is 19.3 Å². The van der Waals surface area contributed by atoms with Gasteiger partial charge in [0.15, 0.2) is 0 Å². The Balaban J connectivity index is 2.10. The minimum atomic E-state index is -0.834. The first-order valence-corrected chi connectivity index (χ1v) is 6.04. The highest BCUT2D eigenvalue weighted by molar-refractivity contribution is 5.89. The number of urea groups is 1. The Morgan fingerprint density at radius 2 is 2.21 bits per heavy atom. The molecular weight excluding hydrogens is 252 g/mol. The van der Waals surface area contributed by atoms with E-state index in [2.05, 4.69) is 11.4 Å². The lowest BCUT2D eigenvalue weighted by Gasteiger charge is -2.31. The molecule has 2 amide bonds. The van der Waals surface area contributed by atoms with E-state index in [-0.39, 0.29) is 5.69 Å². The van der Waals surface area contributed by atoms with Crippen LogP contribution in [0.15, 0.2) is 18.2 Å². The van der Waals surface area contributed by atoms with Crippen LogP contribution in [0.3, 0.4) is 0 Å². The van der Waals surface area contributed by atoms with Crippen molar-refractivity contribution in [1.82, 2.24) is 4.90 Å². The summed E-state index contributed by atoms with van der Waals surface area (Å²) in [6.45, 7) is 0.465. The van der Waals surface area contributed by atoms with Crippen molar-refractivity contribution in [3.8, 4) is 6.07 Å². The normalized spacial score (nSPS) is 18.8. The quantitative estimate of drug-likeness (QED) is 0.848. The van der Waals surface area contributed by atoms with Crippen LogP contribution in [0.2, 0.25) is 0 Å². The number of anilines is 1. The zero-order chi connectivity index (χ0) is 13.8. The number of benzene rings is 1. The lowest BCUT2D eigenvalue weighted by molar-refractivity contribution is 0.182. The number of carbonyl (C=O) groups is 1. The lowest BCUT2D eigenvalue weighted by atomic mass is 10.0. The number of halogens is 2. The van der Waals surface area contributed by atoms with Gasteiger partial charge in [0.25, 0.3) is 0 Å². The SMILES string of the molecule is N#CC1CCCCN1C(=O)Nc1ccc(F)cc1F. The molecule has 2 rings (SSSR count). The van der Waals surface area contributed by atoms with E-state index in [1.165, 1.54) is 4.90 Å². The standard InChI is InChI=1S/C13H13F2N3O/c14-9-4-5-12(11(15)7-9)17-13(19)18-6-2-1-3-10(18)8-16/h4-5,7,10H,1-3,6H2,(H,17,19). The van der Waals surface area contributed by atoms with Gasteiger partial charge in [-0.25, -0.2) is 13.6 Å². The Bertz CT molecular complexity index is 527. The molecule has 0 aliphatic carbocycles.